The minimum Gasteiger partial charge on any atom is -0.369 e. The molecule has 9 heteroatoms. The van der Waals surface area contributed by atoms with E-state index in [0.29, 0.717) is 5.95 Å². The van der Waals surface area contributed by atoms with Gasteiger partial charge in [-0.3, -0.25) is 5.32 Å². The minimum atomic E-state index is -0.412. The topological polar surface area (TPSA) is 78.3 Å². The van der Waals surface area contributed by atoms with E-state index in [1.54, 1.807) is 13.1 Å². The number of anilines is 2. The average molecular weight is 375 g/mol. The van der Waals surface area contributed by atoms with Gasteiger partial charge in [0.2, 0.25) is 5.95 Å². The largest absolute Gasteiger partial charge is 0.369 e. The Kier molecular flexibility index (Phi) is 5.90. The molecule has 2 N–H and O–H groups in total. The summed E-state index contributed by atoms with van der Waals surface area (Å²) in [5.74, 6) is 0.0261. The number of hydrogen-bond acceptors (Lipinski definition) is 5. The van der Waals surface area contributed by atoms with Gasteiger partial charge in [-0.15, -0.1) is 0 Å². The summed E-state index contributed by atoms with van der Waals surface area (Å²) in [5.41, 5.74) is 1.71. The predicted octanol–water partition coefficient (Wildman–Crippen LogP) is 1.98. The third kappa shape index (κ3) is 4.54. The average Bonchev–Trinajstić information content (AvgIpc) is 3.06. The number of carbonyl (C=O) groups excluding carboxylic acids is 1. The third-order valence-electron chi connectivity index (χ3n) is 4.90. The number of amides is 2. The Morgan fingerprint density at radius 2 is 2.04 bits per heavy atom. The van der Waals surface area contributed by atoms with Crippen molar-refractivity contribution in [3.8, 4) is 0 Å². The van der Waals surface area contributed by atoms with Crippen LogP contribution in [0, 0.1) is 5.82 Å². The van der Waals surface area contributed by atoms with Crippen LogP contribution in [0.5, 0.6) is 0 Å². The van der Waals surface area contributed by atoms with E-state index in [1.807, 2.05) is 6.92 Å². The van der Waals surface area contributed by atoms with E-state index in [2.05, 4.69) is 37.4 Å². The minimum absolute atomic E-state index is 0.316. The van der Waals surface area contributed by atoms with Crippen LogP contribution in [0.3, 0.4) is 0 Å². The predicted molar refractivity (Wildman–Crippen MR) is 102 cm³/mol. The summed E-state index contributed by atoms with van der Waals surface area (Å²) in [4.78, 5) is 20.9. The van der Waals surface area contributed by atoms with Crippen molar-refractivity contribution in [1.82, 2.24) is 25.0 Å². The smallest absolute Gasteiger partial charge is 0.322 e. The normalized spacial score (nSPS) is 16.2. The first-order valence-electron chi connectivity index (χ1n) is 9.16. The highest BCUT2D eigenvalue weighted by molar-refractivity contribution is 5.87. The Hall–Kier alpha value is -2.68. The number of urea groups is 1. The molecule has 2 heterocycles. The molecule has 0 spiro atoms. The number of benzene rings is 1. The lowest BCUT2D eigenvalue weighted by Crippen LogP contribution is -2.46. The van der Waals surface area contributed by atoms with E-state index < -0.39 is 6.03 Å². The molecule has 1 saturated heterocycles. The standard InChI is InChI=1S/C18H26FN7O/c1-4-25-7-9-26(10-8-25)16-6-5-14(19)11-15(16)13(2)22-18(27)23-17-20-12-21-24(17)3/h5-6,11-13H,4,7-10H2,1-3H3,(H2,20,21,22,23,27)/t13-/m1/s1. The summed E-state index contributed by atoms with van der Waals surface area (Å²) in [6.07, 6.45) is 1.36. The molecule has 1 aromatic carbocycles. The molecule has 0 radical (unpaired) electrons. The molecular formula is C18H26FN7O. The highest BCUT2D eigenvalue weighted by atomic mass is 19.1. The Morgan fingerprint density at radius 3 is 2.67 bits per heavy atom. The number of aromatic nitrogens is 3. The lowest BCUT2D eigenvalue weighted by molar-refractivity contribution is 0.249. The van der Waals surface area contributed by atoms with Crippen LogP contribution in [-0.4, -0.2) is 58.4 Å². The van der Waals surface area contributed by atoms with Crippen molar-refractivity contribution in [2.24, 2.45) is 7.05 Å². The molecule has 2 amide bonds. The number of hydrogen-bond donors (Lipinski definition) is 2. The highest BCUT2D eigenvalue weighted by Crippen LogP contribution is 2.28. The van der Waals surface area contributed by atoms with Crippen LogP contribution < -0.4 is 15.5 Å². The van der Waals surface area contributed by atoms with Crippen LogP contribution in [-0.2, 0) is 7.05 Å². The zero-order chi connectivity index (χ0) is 19.4. The second-order valence-corrected chi connectivity index (χ2v) is 6.65. The van der Waals surface area contributed by atoms with E-state index >= 15 is 0 Å². The first-order valence-corrected chi connectivity index (χ1v) is 9.16. The second kappa shape index (κ2) is 8.34. The van der Waals surface area contributed by atoms with Crippen LogP contribution in [0.15, 0.2) is 24.5 Å². The van der Waals surface area contributed by atoms with Crippen LogP contribution in [0.25, 0.3) is 0 Å². The quantitative estimate of drug-likeness (QED) is 0.836. The van der Waals surface area contributed by atoms with E-state index in [0.717, 1.165) is 44.0 Å². The molecule has 1 aromatic heterocycles. The van der Waals surface area contributed by atoms with Crippen LogP contribution in [0.4, 0.5) is 20.8 Å². The summed E-state index contributed by atoms with van der Waals surface area (Å²) in [7, 11) is 1.69. The fourth-order valence-corrected chi connectivity index (χ4v) is 3.29. The fourth-order valence-electron chi connectivity index (χ4n) is 3.29. The lowest BCUT2D eigenvalue weighted by Gasteiger charge is -2.37. The van der Waals surface area contributed by atoms with Gasteiger partial charge in [-0.2, -0.15) is 10.1 Å². The summed E-state index contributed by atoms with van der Waals surface area (Å²) >= 11 is 0. The molecule has 1 fully saturated rings. The van der Waals surface area contributed by atoms with Gasteiger partial charge < -0.3 is 15.1 Å². The van der Waals surface area contributed by atoms with Gasteiger partial charge in [0.05, 0.1) is 6.04 Å². The summed E-state index contributed by atoms with van der Waals surface area (Å²) < 4.78 is 15.4. The Balaban J connectivity index is 1.72. The van der Waals surface area contributed by atoms with Gasteiger partial charge in [-0.05, 0) is 31.7 Å². The SMILES string of the molecule is CCN1CCN(c2ccc(F)cc2[C@@H](C)NC(=O)Nc2ncnn2C)CC1. The van der Waals surface area contributed by atoms with Crippen molar-refractivity contribution in [3.05, 3.63) is 35.9 Å². The van der Waals surface area contributed by atoms with Crippen molar-refractivity contribution in [2.45, 2.75) is 19.9 Å². The summed E-state index contributed by atoms with van der Waals surface area (Å²) in [6, 6.07) is 3.98. The van der Waals surface area contributed by atoms with E-state index in [9.17, 15) is 9.18 Å². The Bertz CT molecular complexity index is 786. The van der Waals surface area contributed by atoms with Crippen molar-refractivity contribution in [3.63, 3.8) is 0 Å². The van der Waals surface area contributed by atoms with Crippen molar-refractivity contribution >= 4 is 17.7 Å². The lowest BCUT2D eigenvalue weighted by atomic mass is 10.0. The van der Waals surface area contributed by atoms with Gasteiger partial charge >= 0.3 is 6.03 Å². The molecule has 146 valence electrons. The number of nitrogens with one attached hydrogen (secondary N) is 2. The molecule has 1 aliphatic heterocycles. The molecule has 0 bridgehead atoms. The number of nitrogens with zero attached hydrogens (tertiary/aromatic N) is 5. The molecular weight excluding hydrogens is 349 g/mol. The van der Waals surface area contributed by atoms with Crippen molar-refractivity contribution in [2.75, 3.05) is 42.9 Å². The molecule has 2 aromatic rings. The van der Waals surface area contributed by atoms with Crippen LogP contribution in [0.2, 0.25) is 0 Å². The zero-order valence-corrected chi connectivity index (χ0v) is 15.9. The maximum absolute atomic E-state index is 13.9. The van der Waals surface area contributed by atoms with Gasteiger partial charge in [-0.1, -0.05) is 6.92 Å². The molecule has 0 saturated carbocycles. The molecule has 1 aliphatic rings. The zero-order valence-electron chi connectivity index (χ0n) is 15.9. The first kappa shape index (κ1) is 19.1. The van der Waals surface area contributed by atoms with Crippen LogP contribution >= 0.6 is 0 Å². The summed E-state index contributed by atoms with van der Waals surface area (Å²) in [6.45, 7) is 8.74. The number of piperazine rings is 1. The van der Waals surface area contributed by atoms with Gasteiger partial charge in [-0.25, -0.2) is 13.9 Å². The van der Waals surface area contributed by atoms with E-state index in [1.165, 1.54) is 23.1 Å². The number of halogens is 1. The first-order chi connectivity index (χ1) is 13.0. The molecule has 8 nitrogen and oxygen atoms in total. The molecule has 1 atom stereocenters. The fraction of sp³-hybridized carbons (Fsp3) is 0.500. The maximum Gasteiger partial charge on any atom is 0.322 e. The molecule has 3 rings (SSSR count). The van der Waals surface area contributed by atoms with E-state index in [-0.39, 0.29) is 11.9 Å². The maximum atomic E-state index is 13.9. The Labute approximate surface area is 158 Å². The van der Waals surface area contributed by atoms with Gasteiger partial charge in [0.1, 0.15) is 12.1 Å². The second-order valence-electron chi connectivity index (χ2n) is 6.65. The highest BCUT2D eigenvalue weighted by Gasteiger charge is 2.22. The van der Waals surface area contributed by atoms with E-state index in [4.69, 9.17) is 0 Å². The molecule has 0 unspecified atom stereocenters. The number of rotatable bonds is 5. The van der Waals surface area contributed by atoms with Crippen molar-refractivity contribution < 1.29 is 9.18 Å². The Morgan fingerprint density at radius 1 is 1.30 bits per heavy atom. The number of carbonyl (C=O) groups is 1. The molecule has 0 aliphatic carbocycles. The van der Waals surface area contributed by atoms with Gasteiger partial charge in [0, 0.05) is 44.5 Å². The number of aryl methyl sites for hydroxylation is 1. The van der Waals surface area contributed by atoms with Gasteiger partial charge in [0.15, 0.2) is 0 Å². The van der Waals surface area contributed by atoms with Crippen molar-refractivity contribution in [1.29, 1.82) is 0 Å². The number of likely N-dealkylation sites (N-methyl/N-ethyl adjacent to an activating group) is 1. The monoisotopic (exact) mass is 375 g/mol. The molecule has 27 heavy (non-hydrogen) atoms. The summed E-state index contributed by atoms with van der Waals surface area (Å²) in [5, 5.41) is 9.41. The van der Waals surface area contributed by atoms with Crippen LogP contribution in [0.1, 0.15) is 25.5 Å². The third-order valence-corrected chi connectivity index (χ3v) is 4.90. The van der Waals surface area contributed by atoms with Gasteiger partial charge in [0.25, 0.3) is 0 Å².